The van der Waals surface area contributed by atoms with Crippen LogP contribution in [-0.2, 0) is 4.79 Å². The molecule has 2 aromatic rings. The number of nitrogens with one attached hydrogen (secondary N) is 2. The van der Waals surface area contributed by atoms with E-state index >= 15 is 0 Å². The van der Waals surface area contributed by atoms with E-state index in [0.29, 0.717) is 28.5 Å². The Hall–Kier alpha value is -3.16. The van der Waals surface area contributed by atoms with Crippen LogP contribution in [0.2, 0.25) is 0 Å². The molecule has 1 saturated heterocycles. The highest BCUT2D eigenvalue weighted by molar-refractivity contribution is 6.04. The number of likely N-dealkylation sites (N-methyl/N-ethyl adjacent to an activating group) is 1. The number of hydrogen-bond acceptors (Lipinski definition) is 6. The Morgan fingerprint density at radius 3 is 2.60 bits per heavy atom. The molecule has 25 heavy (non-hydrogen) atoms. The fourth-order valence-corrected chi connectivity index (χ4v) is 3.07. The van der Waals surface area contributed by atoms with E-state index < -0.39 is 5.66 Å². The highest BCUT2D eigenvalue weighted by Gasteiger charge is 2.39. The molecule has 4 N–H and O–H groups in total. The maximum absolute atomic E-state index is 12.9. The van der Waals surface area contributed by atoms with Crippen LogP contribution in [0.15, 0.2) is 22.8 Å². The average molecular weight is 341 g/mol. The monoisotopic (exact) mass is 341 g/mol. The van der Waals surface area contributed by atoms with Gasteiger partial charge in [0, 0.05) is 19.3 Å². The van der Waals surface area contributed by atoms with Crippen molar-refractivity contribution >= 4 is 34.5 Å². The van der Waals surface area contributed by atoms with E-state index in [1.165, 1.54) is 12.3 Å². The molecule has 0 aromatic carbocycles. The van der Waals surface area contributed by atoms with Crippen LogP contribution < -0.4 is 16.5 Å². The molecule has 0 atom stereocenters. The van der Waals surface area contributed by atoms with Crippen LogP contribution in [0.4, 0.5) is 5.82 Å². The summed E-state index contributed by atoms with van der Waals surface area (Å²) in [4.78, 5) is 45.5. The van der Waals surface area contributed by atoms with Gasteiger partial charge in [0.15, 0.2) is 11.7 Å². The second-order valence-corrected chi connectivity index (χ2v) is 6.56. The summed E-state index contributed by atoms with van der Waals surface area (Å²) in [5.41, 5.74) is 6.12. The number of anilines is 1. The zero-order valence-electron chi connectivity index (χ0n) is 14.4. The quantitative estimate of drug-likeness (QED) is 0.550. The lowest BCUT2D eigenvalue weighted by Gasteiger charge is -2.29. The smallest absolute Gasteiger partial charge is 0.269 e. The SMILES string of the molecule is C/C(=C1\C(=O)NC(C)(C)N1C)c1c(C=O)[nH]c2cc(N)ncc2c1=O. The van der Waals surface area contributed by atoms with Crippen molar-refractivity contribution in [2.45, 2.75) is 26.4 Å². The summed E-state index contributed by atoms with van der Waals surface area (Å²) in [6.07, 6.45) is 1.93. The molecule has 1 fully saturated rings. The average Bonchev–Trinajstić information content (AvgIpc) is 2.73. The summed E-state index contributed by atoms with van der Waals surface area (Å²) >= 11 is 0. The van der Waals surface area contributed by atoms with Gasteiger partial charge in [-0.15, -0.1) is 0 Å². The highest BCUT2D eigenvalue weighted by atomic mass is 16.2. The number of aromatic nitrogens is 2. The molecule has 3 rings (SSSR count). The van der Waals surface area contributed by atoms with E-state index in [2.05, 4.69) is 15.3 Å². The summed E-state index contributed by atoms with van der Waals surface area (Å²) in [5, 5.41) is 3.15. The Labute approximate surface area is 143 Å². The first-order chi connectivity index (χ1) is 11.7. The van der Waals surface area contributed by atoms with E-state index in [-0.39, 0.29) is 28.4 Å². The molecular formula is C17H19N5O3. The van der Waals surface area contributed by atoms with Gasteiger partial charge in [0.1, 0.15) is 17.2 Å². The molecular weight excluding hydrogens is 322 g/mol. The highest BCUT2D eigenvalue weighted by Crippen LogP contribution is 2.30. The molecule has 8 nitrogen and oxygen atoms in total. The third-order valence-corrected chi connectivity index (χ3v) is 4.59. The second kappa shape index (κ2) is 5.44. The number of carbonyl (C=O) groups excluding carboxylic acids is 2. The van der Waals surface area contributed by atoms with Crippen molar-refractivity contribution in [2.75, 3.05) is 12.8 Å². The first-order valence-corrected chi connectivity index (χ1v) is 7.71. The maximum atomic E-state index is 12.9. The molecule has 1 amide bonds. The van der Waals surface area contributed by atoms with Crippen molar-refractivity contribution in [3.05, 3.63) is 39.4 Å². The number of rotatable bonds is 2. The summed E-state index contributed by atoms with van der Waals surface area (Å²) in [5.74, 6) is -0.0590. The van der Waals surface area contributed by atoms with Gasteiger partial charge in [0.05, 0.1) is 22.2 Å². The van der Waals surface area contributed by atoms with E-state index in [1.807, 2.05) is 13.8 Å². The number of nitrogens with zero attached hydrogens (tertiary/aromatic N) is 2. The fraction of sp³-hybridized carbons (Fsp3) is 0.294. The number of nitrogen functional groups attached to an aromatic ring is 1. The second-order valence-electron chi connectivity index (χ2n) is 6.56. The van der Waals surface area contributed by atoms with Crippen molar-refractivity contribution in [1.82, 2.24) is 20.2 Å². The molecule has 1 aliphatic heterocycles. The van der Waals surface area contributed by atoms with Gasteiger partial charge in [-0.2, -0.15) is 0 Å². The number of aldehydes is 1. The minimum absolute atomic E-state index is 0.0963. The van der Waals surface area contributed by atoms with Crippen molar-refractivity contribution in [2.24, 2.45) is 0 Å². The predicted octanol–water partition coefficient (Wildman–Crippen LogP) is 0.847. The first-order valence-electron chi connectivity index (χ1n) is 7.71. The van der Waals surface area contributed by atoms with Crippen LogP contribution in [0.5, 0.6) is 0 Å². The van der Waals surface area contributed by atoms with Gasteiger partial charge in [-0.25, -0.2) is 4.98 Å². The van der Waals surface area contributed by atoms with E-state index in [0.717, 1.165) is 0 Å². The molecule has 0 aliphatic carbocycles. The summed E-state index contributed by atoms with van der Waals surface area (Å²) in [6.45, 7) is 5.35. The number of nitrogens with two attached hydrogens (primary N) is 1. The molecule has 3 heterocycles. The normalized spacial score (nSPS) is 18.4. The standard InChI is InChI=1S/C17H19N5O3/c1-8(14-16(25)21-17(2,3)22(14)4)13-11(7-23)20-10-5-12(18)19-6-9(10)15(13)24/h5-7H,1-4H3,(H2,18,19)(H,20,24)(H,21,25)/b14-8-. The Morgan fingerprint density at radius 1 is 1.36 bits per heavy atom. The number of hydrogen-bond donors (Lipinski definition) is 3. The van der Waals surface area contributed by atoms with Gasteiger partial charge in [-0.05, 0) is 26.3 Å². The Morgan fingerprint density at radius 2 is 2.04 bits per heavy atom. The molecule has 0 radical (unpaired) electrons. The number of fused-ring (bicyclic) bond motifs is 1. The van der Waals surface area contributed by atoms with Crippen molar-refractivity contribution in [3.63, 3.8) is 0 Å². The Kier molecular flexibility index (Phi) is 3.63. The van der Waals surface area contributed by atoms with Crippen LogP contribution in [0.3, 0.4) is 0 Å². The lowest BCUT2D eigenvalue weighted by Crippen LogP contribution is -2.43. The third kappa shape index (κ3) is 2.46. The van der Waals surface area contributed by atoms with Gasteiger partial charge in [0.25, 0.3) is 5.91 Å². The number of amides is 1. The minimum atomic E-state index is -0.589. The Balaban J connectivity index is 2.36. The zero-order valence-corrected chi connectivity index (χ0v) is 14.4. The molecule has 0 saturated carbocycles. The lowest BCUT2D eigenvalue weighted by molar-refractivity contribution is -0.116. The van der Waals surface area contributed by atoms with E-state index in [1.54, 1.807) is 18.9 Å². The largest absolute Gasteiger partial charge is 0.384 e. The number of aromatic amines is 1. The van der Waals surface area contributed by atoms with Crippen LogP contribution in [0.1, 0.15) is 36.8 Å². The summed E-state index contributed by atoms with van der Waals surface area (Å²) in [7, 11) is 1.76. The predicted molar refractivity (Wildman–Crippen MR) is 94.7 cm³/mol. The number of allylic oxidation sites excluding steroid dienone is 1. The van der Waals surface area contributed by atoms with Crippen molar-refractivity contribution in [3.8, 4) is 0 Å². The fourth-order valence-electron chi connectivity index (χ4n) is 3.07. The van der Waals surface area contributed by atoms with Crippen LogP contribution in [-0.4, -0.2) is 39.8 Å². The number of carbonyl (C=O) groups is 2. The molecule has 130 valence electrons. The molecule has 0 bridgehead atoms. The summed E-state index contributed by atoms with van der Waals surface area (Å²) in [6, 6.07) is 1.49. The van der Waals surface area contributed by atoms with Gasteiger partial charge in [-0.1, -0.05) is 0 Å². The van der Waals surface area contributed by atoms with E-state index in [4.69, 9.17) is 5.73 Å². The maximum Gasteiger partial charge on any atom is 0.269 e. The molecule has 1 aliphatic rings. The van der Waals surface area contributed by atoms with Gasteiger partial charge in [0.2, 0.25) is 0 Å². The van der Waals surface area contributed by atoms with Crippen molar-refractivity contribution in [1.29, 1.82) is 0 Å². The summed E-state index contributed by atoms with van der Waals surface area (Å²) < 4.78 is 0. The Bertz CT molecular complexity index is 1000. The number of H-pyrrole nitrogens is 1. The molecule has 0 spiro atoms. The van der Waals surface area contributed by atoms with E-state index in [9.17, 15) is 14.4 Å². The molecule has 8 heteroatoms. The van der Waals surface area contributed by atoms with Gasteiger partial charge in [-0.3, -0.25) is 14.4 Å². The third-order valence-electron chi connectivity index (χ3n) is 4.59. The molecule has 2 aromatic heterocycles. The lowest BCUT2D eigenvalue weighted by atomic mass is 10.0. The molecule has 0 unspecified atom stereocenters. The topological polar surface area (TPSA) is 121 Å². The zero-order chi connectivity index (χ0) is 18.5. The van der Waals surface area contributed by atoms with Crippen LogP contribution >= 0.6 is 0 Å². The minimum Gasteiger partial charge on any atom is -0.384 e. The van der Waals surface area contributed by atoms with Crippen LogP contribution in [0, 0.1) is 0 Å². The van der Waals surface area contributed by atoms with Crippen LogP contribution in [0.25, 0.3) is 16.5 Å². The van der Waals surface area contributed by atoms with Gasteiger partial charge >= 0.3 is 0 Å². The van der Waals surface area contributed by atoms with Gasteiger partial charge < -0.3 is 20.9 Å². The first kappa shape index (κ1) is 16.7. The van der Waals surface area contributed by atoms with Crippen molar-refractivity contribution < 1.29 is 9.59 Å². The number of pyridine rings is 2.